The summed E-state index contributed by atoms with van der Waals surface area (Å²) in [7, 11) is 1.78. The molecule has 0 radical (unpaired) electrons. The minimum Gasteiger partial charge on any atom is -0.344 e. The molecule has 1 aromatic rings. The number of benzene rings is 1. The lowest BCUT2D eigenvalue weighted by Crippen LogP contribution is -2.53. The highest BCUT2D eigenvalue weighted by atomic mass is 19.1. The van der Waals surface area contributed by atoms with Crippen LogP contribution >= 0.6 is 0 Å². The van der Waals surface area contributed by atoms with Crippen LogP contribution in [0.15, 0.2) is 18.2 Å². The van der Waals surface area contributed by atoms with Gasteiger partial charge in [-0.1, -0.05) is 6.07 Å². The molecule has 2 saturated heterocycles. The van der Waals surface area contributed by atoms with Crippen molar-refractivity contribution in [3.63, 3.8) is 0 Å². The quantitative estimate of drug-likeness (QED) is 0.814. The maximum Gasteiger partial charge on any atom is 0.259 e. The van der Waals surface area contributed by atoms with Crippen LogP contribution in [0.5, 0.6) is 0 Å². The molecule has 0 aliphatic carbocycles. The molecule has 1 atom stereocenters. The first-order chi connectivity index (χ1) is 11.0. The Balaban J connectivity index is 1.65. The summed E-state index contributed by atoms with van der Waals surface area (Å²) in [5.74, 6) is -2.21. The summed E-state index contributed by atoms with van der Waals surface area (Å²) in [6.07, 6.45) is 0.783. The zero-order chi connectivity index (χ0) is 16.6. The van der Waals surface area contributed by atoms with Gasteiger partial charge < -0.3 is 9.80 Å². The van der Waals surface area contributed by atoms with Gasteiger partial charge in [-0.25, -0.2) is 8.78 Å². The topological polar surface area (TPSA) is 43.9 Å². The number of amides is 2. The number of carbonyl (C=O) groups excluding carboxylic acids is 2. The Labute approximate surface area is 133 Å². The van der Waals surface area contributed by atoms with Crippen molar-refractivity contribution in [2.24, 2.45) is 0 Å². The highest BCUT2D eigenvalue weighted by Crippen LogP contribution is 2.20. The number of rotatable bonds is 2. The lowest BCUT2D eigenvalue weighted by atomic mass is 10.1. The minimum atomic E-state index is -0.843. The Morgan fingerprint density at radius 1 is 1.09 bits per heavy atom. The van der Waals surface area contributed by atoms with Gasteiger partial charge in [0.15, 0.2) is 0 Å². The van der Waals surface area contributed by atoms with Crippen molar-refractivity contribution in [2.75, 3.05) is 39.8 Å². The lowest BCUT2D eigenvalue weighted by Gasteiger charge is -2.37. The predicted molar refractivity (Wildman–Crippen MR) is 79.9 cm³/mol. The third-order valence-corrected chi connectivity index (χ3v) is 4.62. The molecule has 0 saturated carbocycles. The number of nitrogens with zero attached hydrogens (tertiary/aromatic N) is 3. The Bertz CT molecular complexity index is 610. The molecule has 3 rings (SSSR count). The molecule has 2 aliphatic rings. The Hall–Kier alpha value is -2.02. The summed E-state index contributed by atoms with van der Waals surface area (Å²) < 4.78 is 27.4. The summed E-state index contributed by atoms with van der Waals surface area (Å²) in [5.41, 5.74) is -0.502. The number of halogens is 2. The molecule has 2 fully saturated rings. The number of hydrogen-bond acceptors (Lipinski definition) is 3. The van der Waals surface area contributed by atoms with E-state index in [1.807, 2.05) is 4.90 Å². The van der Waals surface area contributed by atoms with E-state index in [1.165, 1.54) is 11.0 Å². The number of piperazine rings is 1. The predicted octanol–water partition coefficient (Wildman–Crippen LogP) is 0.953. The van der Waals surface area contributed by atoms with Gasteiger partial charge in [-0.3, -0.25) is 14.5 Å². The van der Waals surface area contributed by atoms with Gasteiger partial charge in [0.2, 0.25) is 5.91 Å². The molecule has 0 spiro atoms. The first-order valence-corrected chi connectivity index (χ1v) is 7.71. The van der Waals surface area contributed by atoms with Crippen molar-refractivity contribution in [1.29, 1.82) is 0 Å². The fourth-order valence-corrected chi connectivity index (χ4v) is 3.24. The third-order valence-electron chi connectivity index (χ3n) is 4.62. The fourth-order valence-electron chi connectivity index (χ4n) is 3.24. The molecule has 0 N–H and O–H groups in total. The lowest BCUT2D eigenvalue weighted by molar-refractivity contribution is -0.131. The Morgan fingerprint density at radius 2 is 1.70 bits per heavy atom. The second kappa shape index (κ2) is 6.23. The van der Waals surface area contributed by atoms with Crippen LogP contribution in [0.2, 0.25) is 0 Å². The molecule has 124 valence electrons. The van der Waals surface area contributed by atoms with Gasteiger partial charge >= 0.3 is 0 Å². The van der Waals surface area contributed by atoms with Crippen molar-refractivity contribution < 1.29 is 18.4 Å². The molecule has 0 bridgehead atoms. The summed E-state index contributed by atoms with van der Waals surface area (Å²) in [6, 6.07) is 3.27. The smallest absolute Gasteiger partial charge is 0.259 e. The maximum atomic E-state index is 13.7. The van der Waals surface area contributed by atoms with Crippen molar-refractivity contribution in [3.8, 4) is 0 Å². The standard InChI is InChI=1S/C16H19F2N3O2/c1-19-6-5-13(15(19)22)20-7-9-21(10-8-20)16(23)14-11(17)3-2-4-12(14)18/h2-4,13H,5-10H2,1H3. The normalized spacial score (nSPS) is 22.7. The van der Waals surface area contributed by atoms with E-state index in [2.05, 4.69) is 0 Å². The van der Waals surface area contributed by atoms with Gasteiger partial charge in [0.05, 0.1) is 6.04 Å². The second-order valence-electron chi connectivity index (χ2n) is 5.99. The first kappa shape index (κ1) is 15.9. The summed E-state index contributed by atoms with van der Waals surface area (Å²) in [5, 5.41) is 0. The molecule has 2 aliphatic heterocycles. The minimum absolute atomic E-state index is 0.102. The van der Waals surface area contributed by atoms with E-state index < -0.39 is 23.1 Å². The summed E-state index contributed by atoms with van der Waals surface area (Å²) in [6.45, 7) is 2.53. The Morgan fingerprint density at radius 3 is 2.22 bits per heavy atom. The maximum absolute atomic E-state index is 13.7. The van der Waals surface area contributed by atoms with Gasteiger partial charge in [0.25, 0.3) is 5.91 Å². The largest absolute Gasteiger partial charge is 0.344 e. The van der Waals surface area contributed by atoms with Crippen LogP contribution in [-0.4, -0.2) is 72.3 Å². The molecular weight excluding hydrogens is 304 g/mol. The van der Waals surface area contributed by atoms with E-state index >= 15 is 0 Å². The van der Waals surface area contributed by atoms with Crippen molar-refractivity contribution in [1.82, 2.24) is 14.7 Å². The number of carbonyl (C=O) groups is 2. The van der Waals surface area contributed by atoms with E-state index in [0.29, 0.717) is 26.2 Å². The molecule has 0 aromatic heterocycles. The highest BCUT2D eigenvalue weighted by Gasteiger charge is 2.36. The van der Waals surface area contributed by atoms with Crippen LogP contribution in [-0.2, 0) is 4.79 Å². The monoisotopic (exact) mass is 323 g/mol. The molecule has 1 unspecified atom stereocenters. The Kier molecular flexibility index (Phi) is 4.30. The van der Waals surface area contributed by atoms with E-state index in [-0.39, 0.29) is 11.9 Å². The van der Waals surface area contributed by atoms with Crippen LogP contribution in [0.3, 0.4) is 0 Å². The molecule has 2 amide bonds. The average molecular weight is 323 g/mol. The SMILES string of the molecule is CN1CCC(N2CCN(C(=O)c3c(F)cccc3F)CC2)C1=O. The van der Waals surface area contributed by atoms with Gasteiger partial charge in [-0.05, 0) is 18.6 Å². The zero-order valence-electron chi connectivity index (χ0n) is 13.0. The van der Waals surface area contributed by atoms with Crippen molar-refractivity contribution in [3.05, 3.63) is 35.4 Å². The summed E-state index contributed by atoms with van der Waals surface area (Å²) in [4.78, 5) is 29.6. The summed E-state index contributed by atoms with van der Waals surface area (Å²) >= 11 is 0. The van der Waals surface area contributed by atoms with Crippen LogP contribution in [0.25, 0.3) is 0 Å². The number of hydrogen-bond donors (Lipinski definition) is 0. The van der Waals surface area contributed by atoms with E-state index in [0.717, 1.165) is 25.1 Å². The van der Waals surface area contributed by atoms with Crippen LogP contribution in [0, 0.1) is 11.6 Å². The van der Waals surface area contributed by atoms with Gasteiger partial charge in [-0.15, -0.1) is 0 Å². The van der Waals surface area contributed by atoms with Crippen LogP contribution in [0.1, 0.15) is 16.8 Å². The third kappa shape index (κ3) is 2.93. The van der Waals surface area contributed by atoms with Crippen LogP contribution < -0.4 is 0 Å². The highest BCUT2D eigenvalue weighted by molar-refractivity contribution is 5.94. The molecule has 2 heterocycles. The van der Waals surface area contributed by atoms with Crippen molar-refractivity contribution in [2.45, 2.75) is 12.5 Å². The van der Waals surface area contributed by atoms with E-state index in [4.69, 9.17) is 0 Å². The molecule has 5 nitrogen and oxygen atoms in total. The number of likely N-dealkylation sites (N-methyl/N-ethyl adjacent to an activating group) is 1. The average Bonchev–Trinajstić information content (AvgIpc) is 2.87. The molecular formula is C16H19F2N3O2. The van der Waals surface area contributed by atoms with E-state index in [9.17, 15) is 18.4 Å². The fraction of sp³-hybridized carbons (Fsp3) is 0.500. The van der Waals surface area contributed by atoms with Crippen LogP contribution in [0.4, 0.5) is 8.78 Å². The van der Waals surface area contributed by atoms with Crippen molar-refractivity contribution >= 4 is 11.8 Å². The van der Waals surface area contributed by atoms with Gasteiger partial charge in [-0.2, -0.15) is 0 Å². The number of likely N-dealkylation sites (tertiary alicyclic amines) is 1. The molecule has 23 heavy (non-hydrogen) atoms. The zero-order valence-corrected chi connectivity index (χ0v) is 13.0. The molecule has 7 heteroatoms. The van der Waals surface area contributed by atoms with Gasteiger partial charge in [0, 0.05) is 39.8 Å². The van der Waals surface area contributed by atoms with E-state index in [1.54, 1.807) is 11.9 Å². The first-order valence-electron chi connectivity index (χ1n) is 7.71. The van der Waals surface area contributed by atoms with Gasteiger partial charge in [0.1, 0.15) is 17.2 Å². The second-order valence-corrected chi connectivity index (χ2v) is 5.99. The molecule has 1 aromatic carbocycles.